The number of piperidine rings is 4. The average molecular weight is 651 g/mol. The van der Waals surface area contributed by atoms with Gasteiger partial charge in [0.1, 0.15) is 0 Å². The van der Waals surface area contributed by atoms with Gasteiger partial charge in [-0.05, 0) is 31.9 Å². The monoisotopic (exact) mass is 651 g/mol. The van der Waals surface area contributed by atoms with E-state index < -0.39 is 0 Å². The van der Waals surface area contributed by atoms with Gasteiger partial charge in [-0.2, -0.15) is 17.8 Å². The summed E-state index contributed by atoms with van der Waals surface area (Å²) in [6.45, 7) is 7.40. The summed E-state index contributed by atoms with van der Waals surface area (Å²) in [5.74, 6) is 0.841. The second-order valence-electron chi connectivity index (χ2n) is 12.6. The van der Waals surface area contributed by atoms with E-state index in [4.69, 9.17) is 4.99 Å². The fourth-order valence-electron chi connectivity index (χ4n) is 6.85. The van der Waals surface area contributed by atoms with Crippen LogP contribution < -0.4 is 0 Å². The first kappa shape index (κ1) is 34.9. The van der Waals surface area contributed by atoms with Crippen LogP contribution in [0, 0.1) is 5.92 Å². The van der Waals surface area contributed by atoms with E-state index in [0.29, 0.717) is 30.2 Å². The summed E-state index contributed by atoms with van der Waals surface area (Å²) in [4.78, 5) is 4.75. The predicted molar refractivity (Wildman–Crippen MR) is 173 cm³/mol. The SMILES string of the molecule is C1=CC[N-]C(C2CCCC[N-]2)=C1.C1CCC(C2CCCC[N-]2)[N-]C1.CC(N=CC1CCCC[N-]1)C1CCCCC1.[Ru+2]. The molecule has 0 aromatic heterocycles. The summed E-state index contributed by atoms with van der Waals surface area (Å²) in [6, 6.07) is 2.55. The fraction of sp³-hybridized carbons (Fsp3) is 0.853. The Morgan fingerprint density at radius 1 is 0.683 bits per heavy atom. The molecule has 0 N–H and O–H groups in total. The Kier molecular flexibility index (Phi) is 18.0. The van der Waals surface area contributed by atoms with E-state index in [1.807, 2.05) is 0 Å². The van der Waals surface area contributed by atoms with Crippen molar-refractivity contribution in [1.82, 2.24) is 0 Å². The maximum Gasteiger partial charge on any atom is 2.00 e. The molecule has 6 nitrogen and oxygen atoms in total. The van der Waals surface area contributed by atoms with Crippen molar-refractivity contribution < 1.29 is 19.5 Å². The fourth-order valence-corrected chi connectivity index (χ4v) is 6.85. The summed E-state index contributed by atoms with van der Waals surface area (Å²) < 4.78 is 0. The summed E-state index contributed by atoms with van der Waals surface area (Å²) in [7, 11) is 0. The first-order chi connectivity index (χ1) is 19.8. The third kappa shape index (κ3) is 13.3. The topological polar surface area (TPSA) is 82.9 Å². The molecule has 5 aliphatic heterocycles. The van der Waals surface area contributed by atoms with E-state index in [9.17, 15) is 0 Å². The normalized spacial score (nSPS) is 31.7. The molecule has 7 heteroatoms. The molecule has 6 rings (SSSR count). The number of hydrogen-bond donors (Lipinski definition) is 0. The molecule has 5 unspecified atom stereocenters. The Morgan fingerprint density at radius 2 is 1.27 bits per heavy atom. The molecule has 0 spiro atoms. The van der Waals surface area contributed by atoms with E-state index in [0.717, 1.165) is 38.6 Å². The van der Waals surface area contributed by atoms with Gasteiger partial charge < -0.3 is 26.6 Å². The van der Waals surface area contributed by atoms with Crippen LogP contribution in [0.5, 0.6) is 0 Å². The number of nitrogens with zero attached hydrogens (tertiary/aromatic N) is 6. The van der Waals surface area contributed by atoms with Gasteiger partial charge in [-0.25, -0.2) is 0 Å². The Bertz CT molecular complexity index is 724. The van der Waals surface area contributed by atoms with Gasteiger partial charge in [-0.3, -0.25) is 4.99 Å². The molecule has 0 bridgehead atoms. The van der Waals surface area contributed by atoms with Crippen molar-refractivity contribution in [2.24, 2.45) is 10.9 Å². The largest absolute Gasteiger partial charge is 2.00 e. The molecule has 1 aliphatic carbocycles. The molecular weight excluding hydrogens is 593 g/mol. The van der Waals surface area contributed by atoms with Gasteiger partial charge in [-0.1, -0.05) is 115 Å². The zero-order valence-electron chi connectivity index (χ0n) is 25.9. The Hall–Kier alpha value is -0.587. The molecular formula is C34H57N6Ru-3. The number of allylic oxidation sites excluding steroid dienone is 2. The minimum atomic E-state index is 0. The van der Waals surface area contributed by atoms with Crippen LogP contribution in [0.2, 0.25) is 0 Å². The quantitative estimate of drug-likeness (QED) is 0.210. The van der Waals surface area contributed by atoms with Crippen LogP contribution in [-0.4, -0.2) is 69.1 Å². The second-order valence-corrected chi connectivity index (χ2v) is 12.6. The molecule has 41 heavy (non-hydrogen) atoms. The first-order valence-corrected chi connectivity index (χ1v) is 17.0. The molecule has 5 heterocycles. The molecule has 0 aromatic carbocycles. The molecule has 234 valence electrons. The number of hydrogen-bond acceptors (Lipinski definition) is 1. The van der Waals surface area contributed by atoms with Gasteiger partial charge in [0.2, 0.25) is 0 Å². The standard InChI is InChI=1S/C14H25N2.C10H18N2.C10H14N2.Ru/c1-12(13-7-3-2-4-8-13)16-11-14-9-5-6-10-15-14;2*1-3-7-11-9(5-1)10-6-2-4-8-12-10;/h11-14H,2-10H2,1H3;9-10H,1-8H2;1,3,5,10H,2,4,6-8H2;/q-1;2*-2;+2. The van der Waals surface area contributed by atoms with Crippen molar-refractivity contribution in [2.75, 3.05) is 32.7 Å². The Morgan fingerprint density at radius 3 is 1.78 bits per heavy atom. The third-order valence-electron chi connectivity index (χ3n) is 9.44. The van der Waals surface area contributed by atoms with Crippen LogP contribution in [0.1, 0.15) is 116 Å². The van der Waals surface area contributed by atoms with Crippen molar-refractivity contribution in [3.05, 3.63) is 50.5 Å². The van der Waals surface area contributed by atoms with Crippen LogP contribution >= 0.6 is 0 Å². The molecule has 0 amide bonds. The van der Waals surface area contributed by atoms with E-state index >= 15 is 0 Å². The number of rotatable bonds is 5. The van der Waals surface area contributed by atoms with Crippen molar-refractivity contribution >= 4 is 6.21 Å². The molecule has 6 aliphatic rings. The Balaban J connectivity index is 0.000000169. The van der Waals surface area contributed by atoms with Crippen molar-refractivity contribution in [3.63, 3.8) is 0 Å². The maximum atomic E-state index is 4.75. The molecule has 4 saturated heterocycles. The van der Waals surface area contributed by atoms with Gasteiger partial charge >= 0.3 is 19.5 Å². The molecule has 5 atom stereocenters. The van der Waals surface area contributed by atoms with E-state index in [1.54, 1.807) is 0 Å². The van der Waals surface area contributed by atoms with Crippen LogP contribution in [0.4, 0.5) is 0 Å². The van der Waals surface area contributed by atoms with Crippen molar-refractivity contribution in [2.45, 2.75) is 146 Å². The molecule has 0 aromatic rings. The summed E-state index contributed by atoms with van der Waals surface area (Å²) in [5.41, 5.74) is 1.19. The average Bonchev–Trinajstić information content (AvgIpc) is 3.07. The van der Waals surface area contributed by atoms with Gasteiger partial charge in [0.15, 0.2) is 0 Å². The van der Waals surface area contributed by atoms with Gasteiger partial charge in [-0.15, -0.1) is 44.8 Å². The van der Waals surface area contributed by atoms with Gasteiger partial charge in [0, 0.05) is 6.04 Å². The minimum Gasteiger partial charge on any atom is -0.686 e. The van der Waals surface area contributed by atoms with Gasteiger partial charge in [0.25, 0.3) is 0 Å². The third-order valence-corrected chi connectivity index (χ3v) is 9.44. The van der Waals surface area contributed by atoms with Crippen LogP contribution in [-0.2, 0) is 19.5 Å². The molecule has 1 saturated carbocycles. The molecule has 5 fully saturated rings. The van der Waals surface area contributed by atoms with Crippen LogP contribution in [0.3, 0.4) is 0 Å². The van der Waals surface area contributed by atoms with Crippen LogP contribution in [0.15, 0.2) is 28.9 Å². The van der Waals surface area contributed by atoms with Gasteiger partial charge in [0.05, 0.1) is 0 Å². The van der Waals surface area contributed by atoms with Crippen molar-refractivity contribution in [3.8, 4) is 0 Å². The van der Waals surface area contributed by atoms with Crippen LogP contribution in [0.25, 0.3) is 26.6 Å². The summed E-state index contributed by atoms with van der Waals surface area (Å²) in [5, 5.41) is 22.9. The summed E-state index contributed by atoms with van der Waals surface area (Å²) >= 11 is 0. The number of aliphatic imine (C=N–C) groups is 1. The van der Waals surface area contributed by atoms with E-state index in [1.165, 1.54) is 115 Å². The molecule has 0 radical (unpaired) electrons. The zero-order chi connectivity index (χ0) is 27.7. The van der Waals surface area contributed by atoms with E-state index in [-0.39, 0.29) is 19.5 Å². The van der Waals surface area contributed by atoms with Crippen molar-refractivity contribution in [1.29, 1.82) is 0 Å². The smallest absolute Gasteiger partial charge is 0.686 e. The summed E-state index contributed by atoms with van der Waals surface area (Å²) in [6.07, 6.45) is 31.0. The van der Waals surface area contributed by atoms with E-state index in [2.05, 4.69) is 58.0 Å². The first-order valence-electron chi connectivity index (χ1n) is 17.0. The predicted octanol–water partition coefficient (Wildman–Crippen LogP) is 9.53. The Labute approximate surface area is 265 Å². The maximum absolute atomic E-state index is 4.75. The minimum absolute atomic E-state index is 0. The second kappa shape index (κ2) is 21.2. The zero-order valence-corrected chi connectivity index (χ0v) is 27.6.